The zero-order chi connectivity index (χ0) is 7.72. The SMILES string of the molecule is CC1=CC(O)C(O)CC1=O. The van der Waals surface area contributed by atoms with Gasteiger partial charge in [0.05, 0.1) is 12.2 Å². The Labute approximate surface area is 59.0 Å². The molecule has 0 radical (unpaired) electrons. The summed E-state index contributed by atoms with van der Waals surface area (Å²) in [6.07, 6.45) is -0.339. The lowest BCUT2D eigenvalue weighted by molar-refractivity contribution is -0.119. The van der Waals surface area contributed by atoms with Crippen LogP contribution >= 0.6 is 0 Å². The van der Waals surface area contributed by atoms with Gasteiger partial charge in [-0.15, -0.1) is 0 Å². The fraction of sp³-hybridized carbons (Fsp3) is 0.571. The van der Waals surface area contributed by atoms with E-state index in [4.69, 9.17) is 10.2 Å². The molecule has 0 saturated carbocycles. The fourth-order valence-corrected chi connectivity index (χ4v) is 0.932. The normalized spacial score (nSPS) is 33.9. The molecule has 56 valence electrons. The van der Waals surface area contributed by atoms with E-state index in [1.54, 1.807) is 6.92 Å². The third kappa shape index (κ3) is 1.25. The van der Waals surface area contributed by atoms with Gasteiger partial charge in [0.25, 0.3) is 0 Å². The summed E-state index contributed by atoms with van der Waals surface area (Å²) < 4.78 is 0. The van der Waals surface area contributed by atoms with Crippen LogP contribution < -0.4 is 0 Å². The Balaban J connectivity index is 2.79. The van der Waals surface area contributed by atoms with Gasteiger partial charge in [-0.05, 0) is 18.6 Å². The molecule has 3 nitrogen and oxygen atoms in total. The summed E-state index contributed by atoms with van der Waals surface area (Å²) in [6, 6.07) is 0. The van der Waals surface area contributed by atoms with Crippen molar-refractivity contribution in [1.82, 2.24) is 0 Å². The maximum Gasteiger partial charge on any atom is 0.161 e. The maximum absolute atomic E-state index is 10.8. The first-order chi connectivity index (χ1) is 4.61. The van der Waals surface area contributed by atoms with Gasteiger partial charge in [-0.1, -0.05) is 0 Å². The van der Waals surface area contributed by atoms with E-state index in [0.29, 0.717) is 5.57 Å². The Morgan fingerprint density at radius 1 is 1.60 bits per heavy atom. The smallest absolute Gasteiger partial charge is 0.161 e. The monoisotopic (exact) mass is 142 g/mol. The van der Waals surface area contributed by atoms with E-state index in [-0.39, 0.29) is 12.2 Å². The van der Waals surface area contributed by atoms with Crippen molar-refractivity contribution in [2.24, 2.45) is 0 Å². The summed E-state index contributed by atoms with van der Waals surface area (Å²) in [6.45, 7) is 1.64. The van der Waals surface area contributed by atoms with E-state index in [0.717, 1.165) is 0 Å². The van der Waals surface area contributed by atoms with Crippen LogP contribution in [0.4, 0.5) is 0 Å². The topological polar surface area (TPSA) is 57.5 Å². The van der Waals surface area contributed by atoms with Crippen molar-refractivity contribution in [3.05, 3.63) is 11.6 Å². The minimum atomic E-state index is -0.906. The van der Waals surface area contributed by atoms with E-state index >= 15 is 0 Å². The molecule has 0 heterocycles. The summed E-state index contributed by atoms with van der Waals surface area (Å²) in [7, 11) is 0. The lowest BCUT2D eigenvalue weighted by atomic mass is 9.95. The van der Waals surface area contributed by atoms with Crippen molar-refractivity contribution in [2.45, 2.75) is 25.6 Å². The van der Waals surface area contributed by atoms with Crippen LogP contribution in [0.2, 0.25) is 0 Å². The first-order valence-electron chi connectivity index (χ1n) is 3.19. The number of hydrogen-bond donors (Lipinski definition) is 2. The first-order valence-corrected chi connectivity index (χ1v) is 3.19. The molecule has 0 saturated heterocycles. The Hall–Kier alpha value is -0.670. The second kappa shape index (κ2) is 2.52. The second-order valence-electron chi connectivity index (χ2n) is 2.53. The quantitative estimate of drug-likeness (QED) is 0.485. The molecule has 0 aromatic heterocycles. The van der Waals surface area contributed by atoms with E-state index in [1.165, 1.54) is 6.08 Å². The number of aliphatic hydroxyl groups is 2. The summed E-state index contributed by atoms with van der Waals surface area (Å²) in [4.78, 5) is 10.8. The van der Waals surface area contributed by atoms with Gasteiger partial charge in [-0.3, -0.25) is 4.79 Å². The number of rotatable bonds is 0. The molecule has 0 spiro atoms. The van der Waals surface area contributed by atoms with Crippen LogP contribution in [-0.4, -0.2) is 28.2 Å². The van der Waals surface area contributed by atoms with Gasteiger partial charge in [-0.2, -0.15) is 0 Å². The Kier molecular flexibility index (Phi) is 1.87. The van der Waals surface area contributed by atoms with E-state index in [2.05, 4.69) is 0 Å². The molecule has 1 aliphatic rings. The van der Waals surface area contributed by atoms with Crippen LogP contribution in [0.25, 0.3) is 0 Å². The van der Waals surface area contributed by atoms with Crippen LogP contribution in [0.3, 0.4) is 0 Å². The van der Waals surface area contributed by atoms with Crippen molar-refractivity contribution in [1.29, 1.82) is 0 Å². The lowest BCUT2D eigenvalue weighted by Gasteiger charge is -2.19. The number of carbonyl (C=O) groups excluding carboxylic acids is 1. The van der Waals surface area contributed by atoms with Gasteiger partial charge < -0.3 is 10.2 Å². The second-order valence-corrected chi connectivity index (χ2v) is 2.53. The van der Waals surface area contributed by atoms with Crippen LogP contribution in [0, 0.1) is 0 Å². The summed E-state index contributed by atoms with van der Waals surface area (Å²) in [5, 5.41) is 17.9. The molecule has 0 fully saturated rings. The van der Waals surface area contributed by atoms with Gasteiger partial charge >= 0.3 is 0 Å². The van der Waals surface area contributed by atoms with E-state index < -0.39 is 12.2 Å². The Morgan fingerprint density at radius 2 is 2.20 bits per heavy atom. The molecule has 2 unspecified atom stereocenters. The molecule has 2 atom stereocenters. The van der Waals surface area contributed by atoms with E-state index in [9.17, 15) is 4.79 Å². The molecule has 0 aliphatic heterocycles. The van der Waals surface area contributed by atoms with Crippen molar-refractivity contribution in [2.75, 3.05) is 0 Å². The number of carbonyl (C=O) groups is 1. The third-order valence-electron chi connectivity index (χ3n) is 1.65. The number of Topliss-reactive ketones (excluding diaryl/α,β-unsaturated/α-hetero) is 1. The predicted molar refractivity (Wildman–Crippen MR) is 35.4 cm³/mol. The number of aliphatic hydroxyl groups excluding tert-OH is 2. The average Bonchev–Trinajstić information content (AvgIpc) is 1.84. The Morgan fingerprint density at radius 3 is 2.70 bits per heavy atom. The highest BCUT2D eigenvalue weighted by Gasteiger charge is 2.24. The molecule has 1 rings (SSSR count). The van der Waals surface area contributed by atoms with Crippen molar-refractivity contribution in [3.8, 4) is 0 Å². The van der Waals surface area contributed by atoms with Crippen LogP contribution in [0.15, 0.2) is 11.6 Å². The molecule has 2 N–H and O–H groups in total. The summed E-state index contributed by atoms with van der Waals surface area (Å²) in [5.41, 5.74) is 0.540. The lowest BCUT2D eigenvalue weighted by Crippen LogP contribution is -2.31. The zero-order valence-corrected chi connectivity index (χ0v) is 5.74. The molecular weight excluding hydrogens is 132 g/mol. The minimum Gasteiger partial charge on any atom is -0.390 e. The molecule has 1 aliphatic carbocycles. The summed E-state index contributed by atoms with van der Waals surface area (Å²) >= 11 is 0. The molecule has 0 aromatic carbocycles. The largest absolute Gasteiger partial charge is 0.390 e. The minimum absolute atomic E-state index is 0.0451. The molecule has 10 heavy (non-hydrogen) atoms. The average molecular weight is 142 g/mol. The standard InChI is InChI=1S/C7H10O3/c1-4-2-6(9)7(10)3-5(4)8/h2,6-7,9-10H,3H2,1H3. The number of allylic oxidation sites excluding steroid dienone is 1. The molecule has 3 heteroatoms. The first kappa shape index (κ1) is 7.44. The maximum atomic E-state index is 10.8. The van der Waals surface area contributed by atoms with Gasteiger partial charge in [0, 0.05) is 6.42 Å². The molecule has 0 aromatic rings. The fourth-order valence-electron chi connectivity index (χ4n) is 0.932. The van der Waals surface area contributed by atoms with Gasteiger partial charge in [0.1, 0.15) is 0 Å². The number of ketones is 1. The predicted octanol–water partition coefficient (Wildman–Crippen LogP) is -0.373. The van der Waals surface area contributed by atoms with Crippen molar-refractivity contribution in [3.63, 3.8) is 0 Å². The summed E-state index contributed by atoms with van der Waals surface area (Å²) in [5.74, 6) is -0.0854. The third-order valence-corrected chi connectivity index (χ3v) is 1.65. The number of hydrogen-bond acceptors (Lipinski definition) is 3. The molecule has 0 bridgehead atoms. The van der Waals surface area contributed by atoms with Crippen molar-refractivity contribution < 1.29 is 15.0 Å². The highest BCUT2D eigenvalue weighted by Crippen LogP contribution is 2.14. The Bertz CT molecular complexity index is 183. The highest BCUT2D eigenvalue weighted by molar-refractivity contribution is 5.96. The van der Waals surface area contributed by atoms with Gasteiger partial charge in [-0.25, -0.2) is 0 Å². The molecular formula is C7H10O3. The van der Waals surface area contributed by atoms with Gasteiger partial charge in [0.2, 0.25) is 0 Å². The molecule has 0 amide bonds. The highest BCUT2D eigenvalue weighted by atomic mass is 16.3. The van der Waals surface area contributed by atoms with Crippen LogP contribution in [-0.2, 0) is 4.79 Å². The van der Waals surface area contributed by atoms with E-state index in [1.807, 2.05) is 0 Å². The van der Waals surface area contributed by atoms with Crippen molar-refractivity contribution >= 4 is 5.78 Å². The zero-order valence-electron chi connectivity index (χ0n) is 5.74. The van der Waals surface area contributed by atoms with Crippen LogP contribution in [0.5, 0.6) is 0 Å². The van der Waals surface area contributed by atoms with Crippen LogP contribution in [0.1, 0.15) is 13.3 Å². The van der Waals surface area contributed by atoms with Gasteiger partial charge in [0.15, 0.2) is 5.78 Å².